The van der Waals surface area contributed by atoms with E-state index in [1.54, 1.807) is 0 Å². The second-order valence-corrected chi connectivity index (χ2v) is 6.73. The largest absolute Gasteiger partial charge is 0.385 e. The molecule has 0 unspecified atom stereocenters. The average molecular weight is 256 g/mol. The molecular formula is C16H32O2. The number of rotatable bonds is 6. The van der Waals surface area contributed by atoms with Gasteiger partial charge in [0.15, 0.2) is 0 Å². The van der Waals surface area contributed by atoms with Gasteiger partial charge in [-0.15, -0.1) is 0 Å². The molecule has 2 N–H and O–H groups in total. The van der Waals surface area contributed by atoms with Gasteiger partial charge in [-0.1, -0.05) is 67.5 Å². The van der Waals surface area contributed by atoms with Gasteiger partial charge in [0.1, 0.15) is 0 Å². The third-order valence-corrected chi connectivity index (χ3v) is 4.32. The van der Waals surface area contributed by atoms with Crippen LogP contribution in [0.25, 0.3) is 0 Å². The van der Waals surface area contributed by atoms with E-state index in [1.807, 2.05) is 67.5 Å². The Bertz CT molecular complexity index is 231. The summed E-state index contributed by atoms with van der Waals surface area (Å²) in [5.41, 5.74) is -1.73. The maximum Gasteiger partial charge on any atom is 0.0874 e. The van der Waals surface area contributed by atoms with Crippen LogP contribution in [0.5, 0.6) is 0 Å². The van der Waals surface area contributed by atoms with Crippen molar-refractivity contribution < 1.29 is 10.2 Å². The molecule has 0 atom stereocenters. The minimum Gasteiger partial charge on any atom is -0.385 e. The molecular weight excluding hydrogens is 224 g/mol. The predicted molar refractivity (Wildman–Crippen MR) is 78.4 cm³/mol. The zero-order valence-electron chi connectivity index (χ0n) is 13.4. The maximum absolute atomic E-state index is 10.7. The molecule has 0 heterocycles. The normalized spacial score (nSPS) is 14.8. The molecule has 0 aliphatic carbocycles. The molecule has 0 aliphatic rings. The average Bonchev–Trinajstić information content (AvgIpc) is 2.23. The summed E-state index contributed by atoms with van der Waals surface area (Å²) >= 11 is 0. The molecule has 0 fully saturated rings. The lowest BCUT2D eigenvalue weighted by Gasteiger charge is -2.37. The van der Waals surface area contributed by atoms with E-state index in [9.17, 15) is 10.2 Å². The molecule has 0 bridgehead atoms. The zero-order chi connectivity index (χ0) is 14.7. The smallest absolute Gasteiger partial charge is 0.0874 e. The van der Waals surface area contributed by atoms with Gasteiger partial charge in [-0.2, -0.15) is 0 Å². The van der Waals surface area contributed by atoms with Crippen molar-refractivity contribution >= 4 is 0 Å². The van der Waals surface area contributed by atoms with Crippen LogP contribution < -0.4 is 0 Å². The Labute approximate surface area is 113 Å². The predicted octanol–water partition coefficient (Wildman–Crippen LogP) is 3.63. The van der Waals surface area contributed by atoms with Crippen LogP contribution in [-0.4, -0.2) is 21.4 Å². The summed E-state index contributed by atoms with van der Waals surface area (Å²) in [5.74, 6) is 0.490. The summed E-state index contributed by atoms with van der Waals surface area (Å²) < 4.78 is 0. The van der Waals surface area contributed by atoms with E-state index in [4.69, 9.17) is 0 Å². The van der Waals surface area contributed by atoms with Crippen LogP contribution in [0.1, 0.15) is 55.4 Å². The van der Waals surface area contributed by atoms with E-state index in [1.165, 1.54) is 0 Å². The molecule has 0 radical (unpaired) electrons. The van der Waals surface area contributed by atoms with Crippen LogP contribution in [0.15, 0.2) is 12.2 Å². The fourth-order valence-electron chi connectivity index (χ4n) is 2.37. The molecule has 0 amide bonds. The van der Waals surface area contributed by atoms with Crippen LogP contribution in [0.4, 0.5) is 0 Å². The summed E-state index contributed by atoms with van der Waals surface area (Å²) in [6.07, 6.45) is 3.62. The highest BCUT2D eigenvalue weighted by Gasteiger charge is 2.36. The molecule has 2 nitrogen and oxygen atoms in total. The molecule has 108 valence electrons. The van der Waals surface area contributed by atoms with Crippen molar-refractivity contribution in [1.29, 1.82) is 0 Å². The van der Waals surface area contributed by atoms with Crippen molar-refractivity contribution in [2.24, 2.45) is 23.7 Å². The molecule has 0 saturated carbocycles. The number of aliphatic hydroxyl groups is 2. The summed E-state index contributed by atoms with van der Waals surface area (Å²) in [7, 11) is 0. The molecule has 0 aromatic rings. The van der Waals surface area contributed by atoms with Crippen molar-refractivity contribution in [3.8, 4) is 0 Å². The summed E-state index contributed by atoms with van der Waals surface area (Å²) in [6, 6.07) is 0. The Morgan fingerprint density at radius 1 is 0.556 bits per heavy atom. The van der Waals surface area contributed by atoms with Gasteiger partial charge in [-0.25, -0.2) is 0 Å². The van der Waals surface area contributed by atoms with Gasteiger partial charge in [-0.05, 0) is 23.7 Å². The third-order valence-electron chi connectivity index (χ3n) is 4.32. The van der Waals surface area contributed by atoms with Crippen molar-refractivity contribution in [2.75, 3.05) is 0 Å². The van der Waals surface area contributed by atoms with Crippen LogP contribution in [0.2, 0.25) is 0 Å². The zero-order valence-corrected chi connectivity index (χ0v) is 13.4. The van der Waals surface area contributed by atoms with Crippen molar-refractivity contribution in [3.63, 3.8) is 0 Å². The summed E-state index contributed by atoms with van der Waals surface area (Å²) in [6.45, 7) is 16.1. The minimum absolute atomic E-state index is 0.123. The Balaban J connectivity index is 5.32. The molecule has 0 saturated heterocycles. The van der Waals surface area contributed by atoms with Gasteiger partial charge in [0.2, 0.25) is 0 Å². The Morgan fingerprint density at radius 3 is 0.833 bits per heavy atom. The van der Waals surface area contributed by atoms with E-state index in [2.05, 4.69) is 0 Å². The summed E-state index contributed by atoms with van der Waals surface area (Å²) in [4.78, 5) is 0. The SMILES string of the molecule is CC(C)C(O)(/C=C\C(O)(C(C)C)C(C)C)C(C)C. The van der Waals surface area contributed by atoms with Gasteiger partial charge >= 0.3 is 0 Å². The molecule has 0 aromatic carbocycles. The fourth-order valence-corrected chi connectivity index (χ4v) is 2.37. The van der Waals surface area contributed by atoms with E-state index in [0.717, 1.165) is 0 Å². The second-order valence-electron chi connectivity index (χ2n) is 6.73. The van der Waals surface area contributed by atoms with Crippen molar-refractivity contribution in [2.45, 2.75) is 66.6 Å². The first kappa shape index (κ1) is 17.7. The molecule has 2 heteroatoms. The molecule has 0 aliphatic heterocycles. The van der Waals surface area contributed by atoms with Crippen LogP contribution >= 0.6 is 0 Å². The van der Waals surface area contributed by atoms with Gasteiger partial charge in [0, 0.05) is 0 Å². The first-order chi connectivity index (χ1) is 7.98. The quantitative estimate of drug-likeness (QED) is 0.712. The Kier molecular flexibility index (Phi) is 6.09. The van der Waals surface area contributed by atoms with Crippen LogP contribution in [-0.2, 0) is 0 Å². The highest BCUT2D eigenvalue weighted by Crippen LogP contribution is 2.32. The highest BCUT2D eigenvalue weighted by molar-refractivity contribution is 5.13. The lowest BCUT2D eigenvalue weighted by atomic mass is 9.75. The molecule has 0 rings (SSSR count). The van der Waals surface area contributed by atoms with E-state index < -0.39 is 11.2 Å². The Morgan fingerprint density at radius 2 is 0.722 bits per heavy atom. The highest BCUT2D eigenvalue weighted by atomic mass is 16.3. The first-order valence-electron chi connectivity index (χ1n) is 7.13. The third kappa shape index (κ3) is 3.58. The van der Waals surface area contributed by atoms with E-state index in [-0.39, 0.29) is 23.7 Å². The van der Waals surface area contributed by atoms with E-state index in [0.29, 0.717) is 0 Å². The maximum atomic E-state index is 10.7. The van der Waals surface area contributed by atoms with Gasteiger partial charge in [-0.3, -0.25) is 0 Å². The van der Waals surface area contributed by atoms with Crippen LogP contribution in [0, 0.1) is 23.7 Å². The van der Waals surface area contributed by atoms with Crippen molar-refractivity contribution in [3.05, 3.63) is 12.2 Å². The lowest BCUT2D eigenvalue weighted by molar-refractivity contribution is -0.0169. The molecule has 0 spiro atoms. The van der Waals surface area contributed by atoms with Crippen molar-refractivity contribution in [1.82, 2.24) is 0 Å². The monoisotopic (exact) mass is 256 g/mol. The lowest BCUT2D eigenvalue weighted by Crippen LogP contribution is -2.42. The second kappa shape index (κ2) is 6.21. The molecule has 0 aromatic heterocycles. The van der Waals surface area contributed by atoms with Gasteiger partial charge < -0.3 is 10.2 Å². The molecule has 18 heavy (non-hydrogen) atoms. The van der Waals surface area contributed by atoms with Gasteiger partial charge in [0.25, 0.3) is 0 Å². The number of hydrogen-bond acceptors (Lipinski definition) is 2. The first-order valence-corrected chi connectivity index (χ1v) is 7.13. The standard InChI is InChI=1S/C16H32O2/c1-11(2)15(17,12(3)4)9-10-16(18,13(5)6)14(7)8/h9-14,17-18H,1-8H3/b10-9-. The minimum atomic E-state index is -0.863. The fraction of sp³-hybridized carbons (Fsp3) is 0.875. The van der Waals surface area contributed by atoms with Gasteiger partial charge in [0.05, 0.1) is 11.2 Å². The van der Waals surface area contributed by atoms with E-state index >= 15 is 0 Å². The topological polar surface area (TPSA) is 40.5 Å². The Hall–Kier alpha value is -0.340. The number of hydrogen-bond donors (Lipinski definition) is 2. The van der Waals surface area contributed by atoms with Crippen LogP contribution in [0.3, 0.4) is 0 Å². The summed E-state index contributed by atoms with van der Waals surface area (Å²) in [5, 5.41) is 21.4.